The van der Waals surface area contributed by atoms with Crippen molar-refractivity contribution in [3.8, 4) is 0 Å². The van der Waals surface area contributed by atoms with Crippen LogP contribution in [0.15, 0.2) is 18.2 Å². The van der Waals surface area contributed by atoms with E-state index in [9.17, 15) is 13.6 Å². The van der Waals surface area contributed by atoms with Crippen molar-refractivity contribution in [2.75, 3.05) is 12.0 Å². The lowest BCUT2D eigenvalue weighted by atomic mass is 10.1. The topological polar surface area (TPSA) is 17.1 Å². The van der Waals surface area contributed by atoms with Crippen molar-refractivity contribution >= 4 is 17.5 Å². The number of ketones is 1. The fourth-order valence-corrected chi connectivity index (χ4v) is 1.47. The monoisotopic (exact) mass is 216 g/mol. The molecule has 1 aromatic rings. The van der Waals surface area contributed by atoms with Gasteiger partial charge in [-0.2, -0.15) is 11.8 Å². The maximum atomic E-state index is 13.1. The van der Waals surface area contributed by atoms with Crippen LogP contribution >= 0.6 is 11.8 Å². The molecule has 0 N–H and O–H groups in total. The van der Waals surface area contributed by atoms with E-state index in [0.29, 0.717) is 5.75 Å². The van der Waals surface area contributed by atoms with E-state index < -0.39 is 23.0 Å². The number of hydrogen-bond donors (Lipinski definition) is 0. The van der Waals surface area contributed by atoms with Crippen LogP contribution in [0.2, 0.25) is 0 Å². The number of carbonyl (C=O) groups excluding carboxylic acids is 1. The van der Waals surface area contributed by atoms with Crippen LogP contribution in [0.1, 0.15) is 16.8 Å². The van der Waals surface area contributed by atoms with Crippen molar-refractivity contribution < 1.29 is 13.6 Å². The van der Waals surface area contributed by atoms with E-state index in [1.165, 1.54) is 17.8 Å². The Morgan fingerprint density at radius 3 is 2.43 bits per heavy atom. The summed E-state index contributed by atoms with van der Waals surface area (Å²) in [6.07, 6.45) is 2.00. The maximum Gasteiger partial charge on any atom is 0.169 e. The third-order valence-electron chi connectivity index (χ3n) is 1.77. The molecule has 0 aliphatic rings. The zero-order chi connectivity index (χ0) is 10.6. The van der Waals surface area contributed by atoms with Gasteiger partial charge in [-0.05, 0) is 18.4 Å². The lowest BCUT2D eigenvalue weighted by Crippen LogP contribution is -2.06. The van der Waals surface area contributed by atoms with Crippen LogP contribution in [-0.2, 0) is 0 Å². The first kappa shape index (κ1) is 11.2. The minimum atomic E-state index is -0.781. The number of thioether (sulfide) groups is 1. The molecule has 0 amide bonds. The molecule has 1 aromatic carbocycles. The SMILES string of the molecule is CSCCC(=O)c1c(F)cccc1F. The van der Waals surface area contributed by atoms with Crippen molar-refractivity contribution in [2.45, 2.75) is 6.42 Å². The summed E-state index contributed by atoms with van der Waals surface area (Å²) in [6, 6.07) is 3.43. The Balaban J connectivity index is 2.89. The fourth-order valence-electron chi connectivity index (χ4n) is 1.08. The van der Waals surface area contributed by atoms with Gasteiger partial charge in [0.2, 0.25) is 0 Å². The largest absolute Gasteiger partial charge is 0.294 e. The van der Waals surface area contributed by atoms with Crippen LogP contribution in [0.25, 0.3) is 0 Å². The van der Waals surface area contributed by atoms with Crippen LogP contribution in [0.5, 0.6) is 0 Å². The average Bonchev–Trinajstić information content (AvgIpc) is 2.14. The van der Waals surface area contributed by atoms with E-state index in [1.54, 1.807) is 0 Å². The zero-order valence-electron chi connectivity index (χ0n) is 7.72. The molecule has 14 heavy (non-hydrogen) atoms. The van der Waals surface area contributed by atoms with Gasteiger partial charge in [-0.3, -0.25) is 4.79 Å². The summed E-state index contributed by atoms with van der Waals surface area (Å²) in [5.41, 5.74) is -0.415. The molecule has 0 saturated heterocycles. The Labute approximate surface area is 85.5 Å². The van der Waals surface area contributed by atoms with E-state index >= 15 is 0 Å². The standard InChI is InChI=1S/C10H10F2OS/c1-14-6-5-9(13)10-7(11)3-2-4-8(10)12/h2-4H,5-6H2,1H3. The third-order valence-corrected chi connectivity index (χ3v) is 2.39. The van der Waals surface area contributed by atoms with Gasteiger partial charge >= 0.3 is 0 Å². The highest BCUT2D eigenvalue weighted by molar-refractivity contribution is 7.98. The summed E-state index contributed by atoms with van der Waals surface area (Å²) in [7, 11) is 0. The maximum absolute atomic E-state index is 13.1. The van der Waals surface area contributed by atoms with Crippen LogP contribution in [0.3, 0.4) is 0 Å². The second-order valence-corrected chi connectivity index (χ2v) is 3.75. The first-order valence-electron chi connectivity index (χ1n) is 4.13. The summed E-state index contributed by atoms with van der Waals surface area (Å²) in [6.45, 7) is 0. The van der Waals surface area contributed by atoms with Gasteiger partial charge in [-0.15, -0.1) is 0 Å². The molecule has 0 fully saturated rings. The van der Waals surface area contributed by atoms with E-state index in [4.69, 9.17) is 0 Å². The first-order chi connectivity index (χ1) is 6.66. The molecular formula is C10H10F2OS. The minimum Gasteiger partial charge on any atom is -0.294 e. The fraction of sp³-hybridized carbons (Fsp3) is 0.300. The van der Waals surface area contributed by atoms with Crippen LogP contribution in [-0.4, -0.2) is 17.8 Å². The number of carbonyl (C=O) groups is 1. The van der Waals surface area contributed by atoms with Crippen LogP contribution in [0.4, 0.5) is 8.78 Å². The van der Waals surface area contributed by atoms with E-state index in [2.05, 4.69) is 0 Å². The minimum absolute atomic E-state index is 0.166. The molecule has 0 saturated carbocycles. The second kappa shape index (κ2) is 5.10. The summed E-state index contributed by atoms with van der Waals surface area (Å²) in [4.78, 5) is 11.4. The van der Waals surface area contributed by atoms with Crippen molar-refractivity contribution in [3.63, 3.8) is 0 Å². The number of Topliss-reactive ketones (excluding diaryl/α,β-unsaturated/α-hetero) is 1. The Morgan fingerprint density at radius 1 is 1.36 bits per heavy atom. The number of hydrogen-bond acceptors (Lipinski definition) is 2. The molecule has 0 aliphatic carbocycles. The molecular weight excluding hydrogens is 206 g/mol. The Hall–Kier alpha value is -0.900. The third kappa shape index (κ3) is 2.54. The van der Waals surface area contributed by atoms with Gasteiger partial charge in [0.1, 0.15) is 11.6 Å². The molecule has 0 unspecified atom stereocenters. The zero-order valence-corrected chi connectivity index (χ0v) is 8.54. The molecule has 0 aromatic heterocycles. The highest BCUT2D eigenvalue weighted by Gasteiger charge is 2.15. The number of halogens is 2. The molecule has 0 aliphatic heterocycles. The molecule has 0 bridgehead atoms. The molecule has 0 radical (unpaired) electrons. The van der Waals surface area contributed by atoms with Crippen molar-refractivity contribution in [1.82, 2.24) is 0 Å². The summed E-state index contributed by atoms with van der Waals surface area (Å²) in [5.74, 6) is -1.46. The van der Waals surface area contributed by atoms with Gasteiger partial charge in [0.15, 0.2) is 5.78 Å². The Kier molecular flexibility index (Phi) is 4.07. The second-order valence-electron chi connectivity index (χ2n) is 2.76. The first-order valence-corrected chi connectivity index (χ1v) is 5.52. The van der Waals surface area contributed by atoms with Crippen LogP contribution < -0.4 is 0 Å². The lowest BCUT2D eigenvalue weighted by Gasteiger charge is -2.02. The molecule has 0 spiro atoms. The van der Waals surface area contributed by atoms with Crippen LogP contribution in [0, 0.1) is 11.6 Å². The summed E-state index contributed by atoms with van der Waals surface area (Å²) < 4.78 is 26.1. The lowest BCUT2D eigenvalue weighted by molar-refractivity contribution is 0.0981. The van der Waals surface area contributed by atoms with E-state index in [0.717, 1.165) is 12.1 Å². The molecule has 0 heterocycles. The van der Waals surface area contributed by atoms with Gasteiger partial charge in [0, 0.05) is 12.2 Å². The van der Waals surface area contributed by atoms with Gasteiger partial charge in [-0.1, -0.05) is 6.07 Å². The predicted molar refractivity (Wildman–Crippen MR) is 53.7 cm³/mol. The normalized spacial score (nSPS) is 10.2. The van der Waals surface area contributed by atoms with Gasteiger partial charge in [0.05, 0.1) is 5.56 Å². The number of rotatable bonds is 4. The number of benzene rings is 1. The summed E-state index contributed by atoms with van der Waals surface area (Å²) >= 11 is 1.47. The van der Waals surface area contributed by atoms with Crippen molar-refractivity contribution in [1.29, 1.82) is 0 Å². The van der Waals surface area contributed by atoms with Gasteiger partial charge < -0.3 is 0 Å². The highest BCUT2D eigenvalue weighted by Crippen LogP contribution is 2.15. The Bertz CT molecular complexity index is 319. The molecule has 0 atom stereocenters. The average molecular weight is 216 g/mol. The predicted octanol–water partition coefficient (Wildman–Crippen LogP) is 2.90. The molecule has 1 rings (SSSR count). The van der Waals surface area contributed by atoms with E-state index in [-0.39, 0.29) is 6.42 Å². The van der Waals surface area contributed by atoms with Gasteiger partial charge in [-0.25, -0.2) is 8.78 Å². The molecule has 4 heteroatoms. The quantitative estimate of drug-likeness (QED) is 0.720. The van der Waals surface area contributed by atoms with Crippen molar-refractivity contribution in [2.24, 2.45) is 0 Å². The molecule has 1 nitrogen and oxygen atoms in total. The Morgan fingerprint density at radius 2 is 1.93 bits per heavy atom. The van der Waals surface area contributed by atoms with Gasteiger partial charge in [0.25, 0.3) is 0 Å². The van der Waals surface area contributed by atoms with E-state index in [1.807, 2.05) is 6.26 Å². The highest BCUT2D eigenvalue weighted by atomic mass is 32.2. The smallest absolute Gasteiger partial charge is 0.169 e. The van der Waals surface area contributed by atoms with Crippen molar-refractivity contribution in [3.05, 3.63) is 35.4 Å². The summed E-state index contributed by atoms with van der Waals surface area (Å²) in [5, 5.41) is 0. The molecule has 76 valence electrons.